The molecule has 0 bridgehead atoms. The summed E-state index contributed by atoms with van der Waals surface area (Å²) in [5.41, 5.74) is 6.07. The molecule has 1 aliphatic rings. The summed E-state index contributed by atoms with van der Waals surface area (Å²) < 4.78 is 13.0. The molecule has 17 heavy (non-hydrogen) atoms. The Morgan fingerprint density at radius 2 is 2.24 bits per heavy atom. The zero-order chi connectivity index (χ0) is 12.4. The molecule has 4 heteroatoms. The highest BCUT2D eigenvalue weighted by molar-refractivity contribution is 5.93. The van der Waals surface area contributed by atoms with Gasteiger partial charge in [0.1, 0.15) is 5.82 Å². The van der Waals surface area contributed by atoms with E-state index >= 15 is 0 Å². The fourth-order valence-corrected chi connectivity index (χ4v) is 2.39. The number of rotatable bonds is 2. The predicted octanol–water partition coefficient (Wildman–Crippen LogP) is 2.78. The summed E-state index contributed by atoms with van der Waals surface area (Å²) >= 11 is 0. The van der Waals surface area contributed by atoms with Crippen molar-refractivity contribution in [2.45, 2.75) is 26.2 Å². The lowest BCUT2D eigenvalue weighted by atomic mass is 9.97. The Balaban J connectivity index is 2.05. The number of nitrogens with one attached hydrogen (secondary N) is 1. The van der Waals surface area contributed by atoms with Crippen molar-refractivity contribution in [1.29, 1.82) is 0 Å². The largest absolute Gasteiger partial charge is 0.396 e. The molecule has 0 aromatic heterocycles. The van der Waals surface area contributed by atoms with Gasteiger partial charge in [0, 0.05) is 11.6 Å². The second-order valence-corrected chi connectivity index (χ2v) is 4.74. The first-order valence-corrected chi connectivity index (χ1v) is 5.94. The Morgan fingerprint density at radius 3 is 2.82 bits per heavy atom. The summed E-state index contributed by atoms with van der Waals surface area (Å²) in [7, 11) is 0. The molecule has 0 aliphatic heterocycles. The second kappa shape index (κ2) is 4.73. The summed E-state index contributed by atoms with van der Waals surface area (Å²) in [5, 5.41) is 2.80. The van der Waals surface area contributed by atoms with Crippen LogP contribution in [0.4, 0.5) is 15.8 Å². The number of hydrogen-bond donors (Lipinski definition) is 2. The fourth-order valence-electron chi connectivity index (χ4n) is 2.39. The van der Waals surface area contributed by atoms with Crippen LogP contribution in [-0.4, -0.2) is 5.91 Å². The number of halogens is 1. The number of nitrogen functional groups attached to an aromatic ring is 1. The minimum absolute atomic E-state index is 0.0148. The van der Waals surface area contributed by atoms with Crippen molar-refractivity contribution in [3.8, 4) is 0 Å². The minimum atomic E-state index is -0.461. The molecule has 3 nitrogen and oxygen atoms in total. The summed E-state index contributed by atoms with van der Waals surface area (Å²) in [6, 6.07) is 4.25. The lowest BCUT2D eigenvalue weighted by Gasteiger charge is -2.15. The molecule has 2 rings (SSSR count). The normalized spacial score (nSPS) is 23.6. The van der Waals surface area contributed by atoms with E-state index in [1.165, 1.54) is 18.2 Å². The maximum absolute atomic E-state index is 13.0. The number of benzene rings is 1. The van der Waals surface area contributed by atoms with Gasteiger partial charge in [0.2, 0.25) is 5.91 Å². The van der Waals surface area contributed by atoms with Crippen LogP contribution in [0.2, 0.25) is 0 Å². The molecule has 0 saturated heterocycles. The molecule has 1 aromatic rings. The van der Waals surface area contributed by atoms with Gasteiger partial charge in [-0.3, -0.25) is 4.79 Å². The van der Waals surface area contributed by atoms with Crippen LogP contribution >= 0.6 is 0 Å². The van der Waals surface area contributed by atoms with Gasteiger partial charge in [-0.05, 0) is 37.0 Å². The van der Waals surface area contributed by atoms with Gasteiger partial charge in [0.05, 0.1) is 5.69 Å². The van der Waals surface area contributed by atoms with Crippen molar-refractivity contribution >= 4 is 17.3 Å². The zero-order valence-electron chi connectivity index (χ0n) is 9.87. The molecule has 1 amide bonds. The number of carbonyl (C=O) groups is 1. The molecule has 0 spiro atoms. The van der Waals surface area contributed by atoms with E-state index in [9.17, 15) is 9.18 Å². The molecular formula is C13H17FN2O. The van der Waals surface area contributed by atoms with Gasteiger partial charge in [0.15, 0.2) is 0 Å². The zero-order valence-corrected chi connectivity index (χ0v) is 9.87. The SMILES string of the molecule is CC1CCCC1C(=O)Nc1ccc(F)c(N)c1. The Bertz CT molecular complexity index is 433. The van der Waals surface area contributed by atoms with E-state index in [-0.39, 0.29) is 17.5 Å². The quantitative estimate of drug-likeness (QED) is 0.776. The smallest absolute Gasteiger partial charge is 0.227 e. The third kappa shape index (κ3) is 2.57. The first-order chi connectivity index (χ1) is 8.08. The minimum Gasteiger partial charge on any atom is -0.396 e. The topological polar surface area (TPSA) is 55.1 Å². The van der Waals surface area contributed by atoms with Gasteiger partial charge in [-0.25, -0.2) is 4.39 Å². The van der Waals surface area contributed by atoms with Crippen molar-refractivity contribution < 1.29 is 9.18 Å². The molecule has 3 N–H and O–H groups in total. The van der Waals surface area contributed by atoms with E-state index in [1.54, 1.807) is 0 Å². The van der Waals surface area contributed by atoms with Gasteiger partial charge in [-0.15, -0.1) is 0 Å². The van der Waals surface area contributed by atoms with E-state index in [0.29, 0.717) is 11.6 Å². The highest BCUT2D eigenvalue weighted by atomic mass is 19.1. The molecule has 92 valence electrons. The highest BCUT2D eigenvalue weighted by Crippen LogP contribution is 2.32. The Labute approximate surface area is 100 Å². The second-order valence-electron chi connectivity index (χ2n) is 4.74. The van der Waals surface area contributed by atoms with E-state index < -0.39 is 5.82 Å². The summed E-state index contributed by atoms with van der Waals surface area (Å²) in [6.07, 6.45) is 3.14. The van der Waals surface area contributed by atoms with Crippen LogP contribution in [0.25, 0.3) is 0 Å². The van der Waals surface area contributed by atoms with Gasteiger partial charge < -0.3 is 11.1 Å². The number of anilines is 2. The maximum atomic E-state index is 13.0. The van der Waals surface area contributed by atoms with Crippen molar-refractivity contribution in [2.75, 3.05) is 11.1 Å². The Hall–Kier alpha value is -1.58. The Morgan fingerprint density at radius 1 is 1.47 bits per heavy atom. The molecule has 1 aliphatic carbocycles. The molecule has 0 radical (unpaired) electrons. The Kier molecular flexibility index (Phi) is 3.31. The van der Waals surface area contributed by atoms with Crippen molar-refractivity contribution in [2.24, 2.45) is 11.8 Å². The molecule has 1 aromatic carbocycles. The van der Waals surface area contributed by atoms with Crippen LogP contribution in [0.1, 0.15) is 26.2 Å². The number of hydrogen-bond acceptors (Lipinski definition) is 2. The lowest BCUT2D eigenvalue weighted by Crippen LogP contribution is -2.24. The molecule has 2 atom stereocenters. The third-order valence-corrected chi connectivity index (χ3v) is 3.46. The van der Waals surface area contributed by atoms with Gasteiger partial charge >= 0.3 is 0 Å². The fraction of sp³-hybridized carbons (Fsp3) is 0.462. The predicted molar refractivity (Wildman–Crippen MR) is 65.9 cm³/mol. The number of carbonyl (C=O) groups excluding carboxylic acids is 1. The van der Waals surface area contributed by atoms with Gasteiger partial charge in [-0.1, -0.05) is 13.3 Å². The van der Waals surface area contributed by atoms with Crippen LogP contribution in [0.15, 0.2) is 18.2 Å². The van der Waals surface area contributed by atoms with Crippen LogP contribution in [0, 0.1) is 17.7 Å². The van der Waals surface area contributed by atoms with Gasteiger partial charge in [-0.2, -0.15) is 0 Å². The maximum Gasteiger partial charge on any atom is 0.227 e. The summed E-state index contributed by atoms with van der Waals surface area (Å²) in [6.45, 7) is 2.09. The van der Waals surface area contributed by atoms with Crippen LogP contribution in [-0.2, 0) is 4.79 Å². The van der Waals surface area contributed by atoms with Gasteiger partial charge in [0.25, 0.3) is 0 Å². The standard InChI is InChI=1S/C13H17FN2O/c1-8-3-2-4-10(8)13(17)16-9-5-6-11(14)12(15)7-9/h5-8,10H,2-4,15H2,1H3,(H,16,17). The summed E-state index contributed by atoms with van der Waals surface area (Å²) in [5.74, 6) is 0.0484. The molecule has 2 unspecified atom stereocenters. The van der Waals surface area contributed by atoms with E-state index in [4.69, 9.17) is 5.73 Å². The number of nitrogens with two attached hydrogens (primary N) is 1. The first kappa shape index (κ1) is 11.9. The van der Waals surface area contributed by atoms with Crippen molar-refractivity contribution in [3.63, 3.8) is 0 Å². The third-order valence-electron chi connectivity index (χ3n) is 3.46. The molecule has 1 saturated carbocycles. The van der Waals surface area contributed by atoms with Crippen LogP contribution in [0.3, 0.4) is 0 Å². The summed E-state index contributed by atoms with van der Waals surface area (Å²) in [4.78, 5) is 12.0. The lowest BCUT2D eigenvalue weighted by molar-refractivity contribution is -0.120. The van der Waals surface area contributed by atoms with Crippen LogP contribution < -0.4 is 11.1 Å². The van der Waals surface area contributed by atoms with Crippen molar-refractivity contribution in [1.82, 2.24) is 0 Å². The molecule has 0 heterocycles. The average Bonchev–Trinajstić information content (AvgIpc) is 2.70. The molecular weight excluding hydrogens is 219 g/mol. The number of amides is 1. The molecule has 1 fully saturated rings. The first-order valence-electron chi connectivity index (χ1n) is 5.94. The monoisotopic (exact) mass is 236 g/mol. The van der Waals surface area contributed by atoms with Crippen molar-refractivity contribution in [3.05, 3.63) is 24.0 Å². The highest BCUT2D eigenvalue weighted by Gasteiger charge is 2.29. The van der Waals surface area contributed by atoms with E-state index in [0.717, 1.165) is 19.3 Å². The average molecular weight is 236 g/mol. The van der Waals surface area contributed by atoms with E-state index in [2.05, 4.69) is 12.2 Å². The van der Waals surface area contributed by atoms with Crippen LogP contribution in [0.5, 0.6) is 0 Å². The van der Waals surface area contributed by atoms with E-state index in [1.807, 2.05) is 0 Å².